The van der Waals surface area contributed by atoms with Crippen molar-refractivity contribution in [2.75, 3.05) is 18.8 Å². The van der Waals surface area contributed by atoms with Crippen LogP contribution in [0.2, 0.25) is 0 Å². The van der Waals surface area contributed by atoms with Gasteiger partial charge in [-0.3, -0.25) is 19.1 Å². The van der Waals surface area contributed by atoms with Gasteiger partial charge in [0.05, 0.1) is 16.7 Å². The van der Waals surface area contributed by atoms with E-state index in [9.17, 15) is 9.59 Å². The largest absolute Gasteiger partial charge is 0.356 e. The molecule has 0 saturated carbocycles. The Kier molecular flexibility index (Phi) is 7.86. The number of hydrogen-bond acceptors (Lipinski definition) is 5. The van der Waals surface area contributed by atoms with E-state index in [1.54, 1.807) is 4.57 Å². The molecule has 1 aromatic carbocycles. The Hall–Kier alpha value is -1.86. The lowest BCUT2D eigenvalue weighted by Gasteiger charge is -2.30. The van der Waals surface area contributed by atoms with Crippen molar-refractivity contribution >= 4 is 28.6 Å². The molecule has 2 aromatic rings. The lowest BCUT2D eigenvalue weighted by molar-refractivity contribution is -0.118. The highest BCUT2D eigenvalue weighted by Crippen LogP contribution is 2.18. The smallest absolute Gasteiger partial charge is 0.262 e. The molecule has 0 aliphatic rings. The van der Waals surface area contributed by atoms with E-state index in [1.165, 1.54) is 11.8 Å². The van der Waals surface area contributed by atoms with Crippen LogP contribution in [0.3, 0.4) is 0 Å². The average Bonchev–Trinajstić information content (AvgIpc) is 2.61. The van der Waals surface area contributed by atoms with Gasteiger partial charge in [0.25, 0.3) is 5.56 Å². The summed E-state index contributed by atoms with van der Waals surface area (Å²) in [6, 6.07) is 8.15. The van der Waals surface area contributed by atoms with Crippen molar-refractivity contribution in [3.05, 3.63) is 34.6 Å². The first-order valence-electron chi connectivity index (χ1n) is 9.50. The molecule has 0 bridgehead atoms. The van der Waals surface area contributed by atoms with Gasteiger partial charge in [0, 0.05) is 31.7 Å². The van der Waals surface area contributed by atoms with Crippen molar-refractivity contribution < 1.29 is 4.79 Å². The minimum absolute atomic E-state index is 0.0496. The molecule has 1 heterocycles. The molecule has 2 rings (SSSR count). The Morgan fingerprint density at radius 3 is 2.52 bits per heavy atom. The van der Waals surface area contributed by atoms with E-state index in [0.29, 0.717) is 41.2 Å². The molecule has 1 amide bonds. The maximum Gasteiger partial charge on any atom is 0.262 e. The summed E-state index contributed by atoms with van der Waals surface area (Å²) in [6.45, 7) is 12.4. The SMILES string of the molecule is CCNC(=O)CSc1nc2ccccc2c(=O)n1CCN(C(C)C)C(C)C. The van der Waals surface area contributed by atoms with E-state index in [4.69, 9.17) is 0 Å². The molecule has 0 atom stereocenters. The molecule has 0 radical (unpaired) electrons. The van der Waals surface area contributed by atoms with Crippen LogP contribution in [0.25, 0.3) is 10.9 Å². The second kappa shape index (κ2) is 9.90. The van der Waals surface area contributed by atoms with Crippen LogP contribution in [0, 0.1) is 0 Å². The first kappa shape index (κ1) is 21.4. The highest BCUT2D eigenvalue weighted by Gasteiger charge is 2.17. The molecule has 1 aromatic heterocycles. The van der Waals surface area contributed by atoms with Gasteiger partial charge in [0.1, 0.15) is 0 Å². The number of para-hydroxylation sites is 1. The molecular weight excluding hydrogens is 360 g/mol. The summed E-state index contributed by atoms with van der Waals surface area (Å²) >= 11 is 1.31. The second-order valence-electron chi connectivity index (χ2n) is 7.04. The summed E-state index contributed by atoms with van der Waals surface area (Å²) in [4.78, 5) is 31.9. The number of carbonyl (C=O) groups is 1. The first-order valence-corrected chi connectivity index (χ1v) is 10.5. The third-order valence-electron chi connectivity index (χ3n) is 4.44. The van der Waals surface area contributed by atoms with Gasteiger partial charge in [0.2, 0.25) is 5.91 Å². The fourth-order valence-corrected chi connectivity index (χ4v) is 4.02. The van der Waals surface area contributed by atoms with Crippen LogP contribution in [0.5, 0.6) is 0 Å². The Balaban J connectivity index is 2.35. The predicted molar refractivity (Wildman–Crippen MR) is 112 cm³/mol. The Labute approximate surface area is 165 Å². The first-order chi connectivity index (χ1) is 12.8. The lowest BCUT2D eigenvalue weighted by Crippen LogP contribution is -2.40. The molecule has 0 aliphatic heterocycles. The van der Waals surface area contributed by atoms with Crippen molar-refractivity contribution in [3.63, 3.8) is 0 Å². The van der Waals surface area contributed by atoms with Gasteiger partial charge < -0.3 is 5.32 Å². The van der Waals surface area contributed by atoms with Crippen LogP contribution < -0.4 is 10.9 Å². The molecule has 0 aliphatic carbocycles. The van der Waals surface area contributed by atoms with E-state index in [0.717, 1.165) is 6.54 Å². The van der Waals surface area contributed by atoms with Crippen LogP contribution >= 0.6 is 11.8 Å². The Bertz CT molecular complexity index is 824. The standard InChI is InChI=1S/C20H30N4O2S/c1-6-21-18(25)13-27-20-22-17-10-8-7-9-16(17)19(26)24(20)12-11-23(14(2)3)15(4)5/h7-10,14-15H,6,11-13H2,1-5H3,(H,21,25). The number of rotatable bonds is 9. The highest BCUT2D eigenvalue weighted by molar-refractivity contribution is 7.99. The van der Waals surface area contributed by atoms with E-state index in [1.807, 2.05) is 31.2 Å². The molecule has 1 N–H and O–H groups in total. The zero-order chi connectivity index (χ0) is 20.0. The number of nitrogens with one attached hydrogen (secondary N) is 1. The third kappa shape index (κ3) is 5.56. The molecule has 27 heavy (non-hydrogen) atoms. The van der Waals surface area contributed by atoms with Gasteiger partial charge in [-0.1, -0.05) is 23.9 Å². The summed E-state index contributed by atoms with van der Waals surface area (Å²) in [6.07, 6.45) is 0. The topological polar surface area (TPSA) is 67.2 Å². The van der Waals surface area contributed by atoms with Crippen LogP contribution in [-0.2, 0) is 11.3 Å². The van der Waals surface area contributed by atoms with Gasteiger partial charge in [-0.2, -0.15) is 0 Å². The summed E-state index contributed by atoms with van der Waals surface area (Å²) in [5.74, 6) is 0.193. The van der Waals surface area contributed by atoms with E-state index in [2.05, 4.69) is 42.9 Å². The normalized spacial score (nSPS) is 11.7. The van der Waals surface area contributed by atoms with Crippen LogP contribution in [0.15, 0.2) is 34.2 Å². The number of benzene rings is 1. The minimum atomic E-state index is -0.0533. The minimum Gasteiger partial charge on any atom is -0.356 e. The van der Waals surface area contributed by atoms with Crippen molar-refractivity contribution in [2.45, 2.75) is 58.4 Å². The van der Waals surface area contributed by atoms with Gasteiger partial charge >= 0.3 is 0 Å². The number of carbonyl (C=O) groups excluding carboxylic acids is 1. The van der Waals surface area contributed by atoms with Crippen LogP contribution in [0.4, 0.5) is 0 Å². The number of amides is 1. The number of fused-ring (bicyclic) bond motifs is 1. The molecule has 148 valence electrons. The lowest BCUT2D eigenvalue weighted by atomic mass is 10.2. The number of thioether (sulfide) groups is 1. The fourth-order valence-electron chi connectivity index (χ4n) is 3.16. The van der Waals surface area contributed by atoms with Crippen LogP contribution in [0.1, 0.15) is 34.6 Å². The van der Waals surface area contributed by atoms with Gasteiger partial charge in [0.15, 0.2) is 5.16 Å². The van der Waals surface area contributed by atoms with E-state index in [-0.39, 0.29) is 17.2 Å². The van der Waals surface area contributed by atoms with E-state index >= 15 is 0 Å². The number of nitrogens with zero attached hydrogens (tertiary/aromatic N) is 3. The Morgan fingerprint density at radius 2 is 1.89 bits per heavy atom. The zero-order valence-electron chi connectivity index (χ0n) is 16.9. The molecule has 0 spiro atoms. The zero-order valence-corrected chi connectivity index (χ0v) is 17.7. The van der Waals surface area contributed by atoms with Crippen LogP contribution in [-0.4, -0.2) is 51.3 Å². The van der Waals surface area contributed by atoms with Crippen molar-refractivity contribution in [3.8, 4) is 0 Å². The Morgan fingerprint density at radius 1 is 1.22 bits per heavy atom. The van der Waals surface area contributed by atoms with Crippen molar-refractivity contribution in [2.24, 2.45) is 0 Å². The second-order valence-corrected chi connectivity index (χ2v) is 7.98. The molecule has 0 unspecified atom stereocenters. The molecular formula is C20H30N4O2S. The molecule has 0 saturated heterocycles. The highest BCUT2D eigenvalue weighted by atomic mass is 32.2. The summed E-state index contributed by atoms with van der Waals surface area (Å²) in [5, 5.41) is 3.99. The number of hydrogen-bond donors (Lipinski definition) is 1. The summed E-state index contributed by atoms with van der Waals surface area (Å²) < 4.78 is 1.71. The maximum atomic E-state index is 13.1. The number of aromatic nitrogens is 2. The van der Waals surface area contributed by atoms with Crippen molar-refractivity contribution in [1.29, 1.82) is 0 Å². The molecule has 0 fully saturated rings. The van der Waals surface area contributed by atoms with Gasteiger partial charge in [-0.05, 0) is 46.8 Å². The average molecular weight is 391 g/mol. The van der Waals surface area contributed by atoms with Gasteiger partial charge in [-0.25, -0.2) is 4.98 Å². The summed E-state index contributed by atoms with van der Waals surface area (Å²) in [5.41, 5.74) is 0.619. The molecule has 6 nitrogen and oxygen atoms in total. The van der Waals surface area contributed by atoms with Gasteiger partial charge in [-0.15, -0.1) is 0 Å². The summed E-state index contributed by atoms with van der Waals surface area (Å²) in [7, 11) is 0. The van der Waals surface area contributed by atoms with E-state index < -0.39 is 0 Å². The monoisotopic (exact) mass is 390 g/mol. The maximum absolute atomic E-state index is 13.1. The quantitative estimate of drug-likeness (QED) is 0.527. The molecule has 7 heteroatoms. The van der Waals surface area contributed by atoms with Crippen molar-refractivity contribution in [1.82, 2.24) is 19.8 Å². The predicted octanol–water partition coefficient (Wildman–Crippen LogP) is 2.74. The fraction of sp³-hybridized carbons (Fsp3) is 0.550. The third-order valence-corrected chi connectivity index (χ3v) is 5.42.